The molecule has 0 unspecified atom stereocenters. The van der Waals surface area contributed by atoms with Gasteiger partial charge in [-0.2, -0.15) is 0 Å². The second-order valence-corrected chi connectivity index (χ2v) is 6.99. The summed E-state index contributed by atoms with van der Waals surface area (Å²) in [5.74, 6) is -0.988. The van der Waals surface area contributed by atoms with Gasteiger partial charge in [-0.25, -0.2) is 0 Å². The van der Waals surface area contributed by atoms with Crippen molar-refractivity contribution in [1.82, 2.24) is 9.47 Å². The van der Waals surface area contributed by atoms with Gasteiger partial charge >= 0.3 is 0 Å². The highest BCUT2D eigenvalue weighted by molar-refractivity contribution is 6.07. The van der Waals surface area contributed by atoms with Crippen molar-refractivity contribution in [2.75, 3.05) is 18.4 Å². The van der Waals surface area contributed by atoms with E-state index in [4.69, 9.17) is 0 Å². The molecule has 1 aromatic carbocycles. The van der Waals surface area contributed by atoms with E-state index in [0.29, 0.717) is 13.1 Å². The number of nitrogens with zero attached hydrogens (tertiary/aromatic N) is 3. The quantitative estimate of drug-likeness (QED) is 0.628. The third-order valence-corrected chi connectivity index (χ3v) is 4.92. The summed E-state index contributed by atoms with van der Waals surface area (Å²) in [7, 11) is 1.49. The lowest BCUT2D eigenvalue weighted by Gasteiger charge is -2.21. The number of amides is 2. The molecule has 1 saturated heterocycles. The number of anilines is 1. The Morgan fingerprint density at radius 2 is 1.76 bits per heavy atom. The van der Waals surface area contributed by atoms with E-state index in [1.165, 1.54) is 48.1 Å². The Kier molecular flexibility index (Phi) is 6.06. The van der Waals surface area contributed by atoms with Gasteiger partial charge in [0.05, 0.1) is 10.5 Å². The third kappa shape index (κ3) is 4.50. The maximum absolute atomic E-state index is 12.9. The van der Waals surface area contributed by atoms with E-state index in [-0.39, 0.29) is 28.4 Å². The zero-order chi connectivity index (χ0) is 21.0. The number of pyridine rings is 1. The Morgan fingerprint density at radius 3 is 2.41 bits per heavy atom. The molecule has 0 atom stereocenters. The molecule has 1 aliphatic heterocycles. The van der Waals surface area contributed by atoms with Crippen LogP contribution in [0.5, 0.6) is 0 Å². The van der Waals surface area contributed by atoms with Crippen molar-refractivity contribution in [2.24, 2.45) is 7.05 Å². The van der Waals surface area contributed by atoms with Crippen LogP contribution in [0.4, 0.5) is 11.4 Å². The highest BCUT2D eigenvalue weighted by Gasteiger charge is 2.22. The zero-order valence-electron chi connectivity index (χ0n) is 16.1. The second-order valence-electron chi connectivity index (χ2n) is 6.99. The number of aromatic nitrogens is 1. The summed E-state index contributed by atoms with van der Waals surface area (Å²) >= 11 is 0. The first-order valence-corrected chi connectivity index (χ1v) is 9.43. The van der Waals surface area contributed by atoms with Crippen LogP contribution in [0.25, 0.3) is 0 Å². The molecule has 0 bridgehead atoms. The molecule has 0 aliphatic carbocycles. The minimum atomic E-state index is -0.784. The molecule has 9 heteroatoms. The molecular formula is C20H22N4O5. The SMILES string of the molecule is Cn1cc(C(=O)N2CCCCCC2)cc(NC(=O)c2ccccc2[N+](=O)[O-])c1=O. The predicted octanol–water partition coefficient (Wildman–Crippen LogP) is 2.56. The summed E-state index contributed by atoms with van der Waals surface area (Å²) in [6.45, 7) is 1.30. The third-order valence-electron chi connectivity index (χ3n) is 4.92. The number of benzene rings is 1. The molecule has 152 valence electrons. The van der Waals surface area contributed by atoms with Gasteiger partial charge in [-0.1, -0.05) is 25.0 Å². The highest BCUT2D eigenvalue weighted by atomic mass is 16.6. The van der Waals surface area contributed by atoms with Gasteiger partial charge in [0.25, 0.3) is 23.1 Å². The van der Waals surface area contributed by atoms with Crippen molar-refractivity contribution < 1.29 is 14.5 Å². The number of nitrogens with one attached hydrogen (secondary N) is 1. The topological polar surface area (TPSA) is 115 Å². The van der Waals surface area contributed by atoms with Crippen LogP contribution in [0, 0.1) is 10.1 Å². The number of rotatable bonds is 4. The molecule has 1 N–H and O–H groups in total. The van der Waals surface area contributed by atoms with E-state index in [9.17, 15) is 24.5 Å². The van der Waals surface area contributed by atoms with Crippen molar-refractivity contribution in [3.63, 3.8) is 0 Å². The minimum Gasteiger partial charge on any atom is -0.339 e. The first-order valence-electron chi connectivity index (χ1n) is 9.43. The Balaban J connectivity index is 1.90. The van der Waals surface area contributed by atoms with Crippen LogP contribution in [-0.2, 0) is 7.05 Å². The van der Waals surface area contributed by atoms with Crippen molar-refractivity contribution in [2.45, 2.75) is 25.7 Å². The highest BCUT2D eigenvalue weighted by Crippen LogP contribution is 2.19. The van der Waals surface area contributed by atoms with Crippen molar-refractivity contribution in [3.05, 3.63) is 68.1 Å². The standard InChI is InChI=1S/C20H22N4O5/c1-22-13-14(19(26)23-10-6-2-3-7-11-23)12-16(20(22)27)21-18(25)15-8-4-5-9-17(15)24(28)29/h4-5,8-9,12-13H,2-3,6-7,10-11H2,1H3,(H,21,25). The smallest absolute Gasteiger partial charge is 0.282 e. The summed E-state index contributed by atoms with van der Waals surface area (Å²) in [5, 5.41) is 13.6. The molecule has 0 spiro atoms. The van der Waals surface area contributed by atoms with E-state index in [1.54, 1.807) is 4.90 Å². The van der Waals surface area contributed by atoms with Crippen LogP contribution in [0.3, 0.4) is 0 Å². The van der Waals surface area contributed by atoms with Crippen LogP contribution in [-0.4, -0.2) is 39.3 Å². The second kappa shape index (κ2) is 8.68. The largest absolute Gasteiger partial charge is 0.339 e. The molecule has 2 amide bonds. The average molecular weight is 398 g/mol. The van der Waals surface area contributed by atoms with Crippen LogP contribution in [0.2, 0.25) is 0 Å². The van der Waals surface area contributed by atoms with Gasteiger partial charge in [0, 0.05) is 32.4 Å². The lowest BCUT2D eigenvalue weighted by molar-refractivity contribution is -0.385. The summed E-state index contributed by atoms with van der Waals surface area (Å²) in [6.07, 6.45) is 5.45. The molecule has 9 nitrogen and oxygen atoms in total. The summed E-state index contributed by atoms with van der Waals surface area (Å²) < 4.78 is 1.22. The number of aryl methyl sites for hydroxylation is 1. The molecule has 1 aromatic heterocycles. The summed E-state index contributed by atoms with van der Waals surface area (Å²) in [5.41, 5.74) is -0.852. The minimum absolute atomic E-state index is 0.101. The summed E-state index contributed by atoms with van der Waals surface area (Å²) in [6, 6.07) is 6.81. The van der Waals surface area contributed by atoms with Crippen molar-refractivity contribution in [3.8, 4) is 0 Å². The Hall–Kier alpha value is -3.49. The molecule has 1 fully saturated rings. The number of nitro benzene ring substituents is 1. The average Bonchev–Trinajstić information content (AvgIpc) is 3.00. The van der Waals surface area contributed by atoms with Crippen LogP contribution in [0.1, 0.15) is 46.4 Å². The normalized spacial score (nSPS) is 14.2. The number of carbonyl (C=O) groups is 2. The van der Waals surface area contributed by atoms with Gasteiger partial charge < -0.3 is 14.8 Å². The van der Waals surface area contributed by atoms with Gasteiger partial charge in [0.2, 0.25) is 0 Å². The van der Waals surface area contributed by atoms with E-state index >= 15 is 0 Å². The van der Waals surface area contributed by atoms with Gasteiger partial charge in [0.15, 0.2) is 0 Å². The number of carbonyl (C=O) groups excluding carboxylic acids is 2. The molecule has 0 radical (unpaired) electrons. The lowest BCUT2D eigenvalue weighted by Crippen LogP contribution is -2.33. The van der Waals surface area contributed by atoms with Crippen molar-refractivity contribution in [1.29, 1.82) is 0 Å². The zero-order valence-corrected chi connectivity index (χ0v) is 16.1. The molecule has 2 heterocycles. The van der Waals surface area contributed by atoms with Gasteiger partial charge in [0.1, 0.15) is 11.3 Å². The maximum Gasteiger partial charge on any atom is 0.282 e. The molecule has 0 saturated carbocycles. The first-order chi connectivity index (χ1) is 13.9. The monoisotopic (exact) mass is 398 g/mol. The fourth-order valence-electron chi connectivity index (χ4n) is 3.39. The first kappa shape index (κ1) is 20.2. The maximum atomic E-state index is 12.9. The van der Waals surface area contributed by atoms with E-state index in [0.717, 1.165) is 25.7 Å². The van der Waals surface area contributed by atoms with Gasteiger partial charge in [-0.3, -0.25) is 24.5 Å². The lowest BCUT2D eigenvalue weighted by atomic mass is 10.1. The van der Waals surface area contributed by atoms with E-state index in [2.05, 4.69) is 5.32 Å². The van der Waals surface area contributed by atoms with Crippen LogP contribution >= 0.6 is 0 Å². The molecule has 2 aromatic rings. The fraction of sp³-hybridized carbons (Fsp3) is 0.350. The Morgan fingerprint density at radius 1 is 1.10 bits per heavy atom. The van der Waals surface area contributed by atoms with Gasteiger partial charge in [-0.15, -0.1) is 0 Å². The molecule has 3 rings (SSSR count). The van der Waals surface area contributed by atoms with Crippen molar-refractivity contribution >= 4 is 23.2 Å². The number of para-hydroxylation sites is 1. The number of hydrogen-bond acceptors (Lipinski definition) is 5. The molecular weight excluding hydrogens is 376 g/mol. The van der Waals surface area contributed by atoms with Crippen LogP contribution in [0.15, 0.2) is 41.3 Å². The van der Waals surface area contributed by atoms with Crippen LogP contribution < -0.4 is 10.9 Å². The fourth-order valence-corrected chi connectivity index (χ4v) is 3.39. The van der Waals surface area contributed by atoms with E-state index < -0.39 is 16.4 Å². The van der Waals surface area contributed by atoms with E-state index in [1.807, 2.05) is 0 Å². The van der Waals surface area contributed by atoms with Gasteiger partial charge in [-0.05, 0) is 25.0 Å². The Bertz CT molecular complexity index is 1010. The number of hydrogen-bond donors (Lipinski definition) is 1. The number of likely N-dealkylation sites (tertiary alicyclic amines) is 1. The number of nitro groups is 1. The summed E-state index contributed by atoms with van der Waals surface area (Å²) in [4.78, 5) is 50.1. The molecule has 1 aliphatic rings. The predicted molar refractivity (Wildman–Crippen MR) is 107 cm³/mol. The Labute approximate surface area is 167 Å². The molecule has 29 heavy (non-hydrogen) atoms.